The number of carbonyl (C=O) groups excluding carboxylic acids is 1. The van der Waals surface area contributed by atoms with Gasteiger partial charge in [0, 0.05) is 11.2 Å². The quantitative estimate of drug-likeness (QED) is 0.717. The maximum Gasteiger partial charge on any atom is 0.260 e. The highest BCUT2D eigenvalue weighted by atomic mass is 35.5. The number of aromatic hydroxyl groups is 1. The molecule has 25 heavy (non-hydrogen) atoms. The molecular formula is C19H15ClN2O3. The first-order valence-corrected chi connectivity index (χ1v) is 7.92. The zero-order chi connectivity index (χ0) is 17.6. The Bertz CT molecular complexity index is 885. The fourth-order valence-electron chi connectivity index (χ4n) is 2.20. The normalized spacial score (nSPS) is 10.3. The molecule has 6 heteroatoms. The lowest BCUT2D eigenvalue weighted by atomic mass is 10.1. The molecule has 5 nitrogen and oxygen atoms in total. The minimum Gasteiger partial charge on any atom is -0.507 e. The van der Waals surface area contributed by atoms with Gasteiger partial charge in [-0.15, -0.1) is 0 Å². The van der Waals surface area contributed by atoms with Gasteiger partial charge in [0.05, 0.1) is 5.56 Å². The van der Waals surface area contributed by atoms with Crippen LogP contribution < -0.4 is 10.1 Å². The Morgan fingerprint density at radius 1 is 1.12 bits per heavy atom. The molecule has 1 aromatic heterocycles. The van der Waals surface area contributed by atoms with Gasteiger partial charge >= 0.3 is 0 Å². The molecule has 0 fully saturated rings. The molecule has 0 bridgehead atoms. The van der Waals surface area contributed by atoms with Gasteiger partial charge < -0.3 is 15.2 Å². The van der Waals surface area contributed by atoms with Crippen LogP contribution in [0.4, 0.5) is 5.82 Å². The van der Waals surface area contributed by atoms with Crippen molar-refractivity contribution in [2.45, 2.75) is 6.61 Å². The summed E-state index contributed by atoms with van der Waals surface area (Å²) in [7, 11) is 0. The molecule has 1 amide bonds. The van der Waals surface area contributed by atoms with Gasteiger partial charge in [-0.2, -0.15) is 0 Å². The summed E-state index contributed by atoms with van der Waals surface area (Å²) in [5.74, 6) is 0.258. The zero-order valence-corrected chi connectivity index (χ0v) is 13.9. The van der Waals surface area contributed by atoms with Crippen LogP contribution in [0, 0.1) is 0 Å². The van der Waals surface area contributed by atoms with E-state index in [1.807, 2.05) is 12.1 Å². The number of nitrogens with zero attached hydrogens (tertiary/aromatic N) is 1. The average Bonchev–Trinajstić information content (AvgIpc) is 2.62. The van der Waals surface area contributed by atoms with E-state index in [0.29, 0.717) is 23.2 Å². The van der Waals surface area contributed by atoms with Crippen LogP contribution in [0.5, 0.6) is 11.5 Å². The third kappa shape index (κ3) is 4.49. The van der Waals surface area contributed by atoms with E-state index in [9.17, 15) is 9.90 Å². The number of amides is 1. The molecule has 0 aliphatic heterocycles. The van der Waals surface area contributed by atoms with E-state index in [-0.39, 0.29) is 11.3 Å². The van der Waals surface area contributed by atoms with Gasteiger partial charge in [0.2, 0.25) is 0 Å². The number of rotatable bonds is 5. The molecule has 0 atom stereocenters. The lowest BCUT2D eigenvalue weighted by molar-refractivity contribution is 0.102. The van der Waals surface area contributed by atoms with Crippen molar-refractivity contribution in [3.63, 3.8) is 0 Å². The molecule has 0 saturated carbocycles. The first-order valence-electron chi connectivity index (χ1n) is 7.54. The Labute approximate surface area is 149 Å². The van der Waals surface area contributed by atoms with Crippen LogP contribution in [0.3, 0.4) is 0 Å². The fraction of sp³-hybridized carbons (Fsp3) is 0.0526. The molecule has 3 aromatic rings. The second-order valence-electron chi connectivity index (χ2n) is 5.27. The van der Waals surface area contributed by atoms with Gasteiger partial charge in [-0.1, -0.05) is 29.8 Å². The summed E-state index contributed by atoms with van der Waals surface area (Å²) in [6.45, 7) is 0.298. The predicted molar refractivity (Wildman–Crippen MR) is 96.1 cm³/mol. The number of phenols is 1. The minimum absolute atomic E-state index is 0.106. The smallest absolute Gasteiger partial charge is 0.260 e. The molecule has 0 unspecified atom stereocenters. The number of phenolic OH excluding ortho intramolecular Hbond substituents is 1. The Hall–Kier alpha value is -3.05. The maximum absolute atomic E-state index is 12.3. The van der Waals surface area contributed by atoms with Crippen molar-refractivity contribution < 1.29 is 14.6 Å². The maximum atomic E-state index is 12.3. The molecule has 0 radical (unpaired) electrons. The number of aromatic nitrogens is 1. The van der Waals surface area contributed by atoms with Crippen LogP contribution in [0.2, 0.25) is 5.02 Å². The molecule has 2 N–H and O–H groups in total. The minimum atomic E-state index is -0.468. The van der Waals surface area contributed by atoms with Crippen molar-refractivity contribution in [3.8, 4) is 11.5 Å². The van der Waals surface area contributed by atoms with Gasteiger partial charge in [-0.3, -0.25) is 4.79 Å². The third-order valence-corrected chi connectivity index (χ3v) is 3.65. The Morgan fingerprint density at radius 2 is 2.00 bits per heavy atom. The fourth-order valence-corrected chi connectivity index (χ4v) is 2.41. The van der Waals surface area contributed by atoms with Crippen LogP contribution in [-0.2, 0) is 6.61 Å². The summed E-state index contributed by atoms with van der Waals surface area (Å²) < 4.78 is 5.68. The van der Waals surface area contributed by atoms with E-state index in [2.05, 4.69) is 10.3 Å². The first kappa shape index (κ1) is 16.8. The highest BCUT2D eigenvalue weighted by molar-refractivity contribution is 6.30. The molecular weight excluding hydrogens is 340 g/mol. The van der Waals surface area contributed by atoms with E-state index in [1.165, 1.54) is 12.1 Å². The van der Waals surface area contributed by atoms with Gasteiger partial charge in [-0.05, 0) is 48.0 Å². The molecule has 2 aromatic carbocycles. The number of nitrogens with one attached hydrogen (secondary N) is 1. The first-order chi connectivity index (χ1) is 12.1. The number of ether oxygens (including phenoxy) is 1. The summed E-state index contributed by atoms with van der Waals surface area (Å²) >= 11 is 5.94. The SMILES string of the molecule is O=C(Nc1ccccn1)c1cc(OCc2cccc(Cl)c2)ccc1O. The number of hydrogen-bond acceptors (Lipinski definition) is 4. The van der Waals surface area contributed by atoms with Gasteiger partial charge in [0.15, 0.2) is 0 Å². The Kier molecular flexibility index (Phi) is 5.16. The van der Waals surface area contributed by atoms with Crippen LogP contribution in [0.1, 0.15) is 15.9 Å². The van der Waals surface area contributed by atoms with E-state index < -0.39 is 5.91 Å². The van der Waals surface area contributed by atoms with Crippen molar-refractivity contribution >= 4 is 23.3 Å². The van der Waals surface area contributed by atoms with Gasteiger partial charge in [0.25, 0.3) is 5.91 Å². The van der Waals surface area contributed by atoms with E-state index in [4.69, 9.17) is 16.3 Å². The van der Waals surface area contributed by atoms with Crippen molar-refractivity contribution in [2.24, 2.45) is 0 Å². The van der Waals surface area contributed by atoms with Crippen molar-refractivity contribution in [2.75, 3.05) is 5.32 Å². The lowest BCUT2D eigenvalue weighted by Crippen LogP contribution is -2.13. The molecule has 0 aliphatic rings. The number of hydrogen-bond donors (Lipinski definition) is 2. The van der Waals surface area contributed by atoms with Crippen LogP contribution in [0.15, 0.2) is 66.9 Å². The second-order valence-corrected chi connectivity index (χ2v) is 5.70. The van der Waals surface area contributed by atoms with Crippen LogP contribution in [0.25, 0.3) is 0 Å². The van der Waals surface area contributed by atoms with Crippen LogP contribution in [-0.4, -0.2) is 16.0 Å². The lowest BCUT2D eigenvalue weighted by Gasteiger charge is -2.10. The van der Waals surface area contributed by atoms with Gasteiger partial charge in [0.1, 0.15) is 23.9 Å². The monoisotopic (exact) mass is 354 g/mol. The highest BCUT2D eigenvalue weighted by Gasteiger charge is 2.13. The summed E-state index contributed by atoms with van der Waals surface area (Å²) in [5, 5.41) is 13.2. The predicted octanol–water partition coefficient (Wildman–Crippen LogP) is 4.27. The van der Waals surface area contributed by atoms with Crippen molar-refractivity contribution in [3.05, 3.63) is 83.0 Å². The van der Waals surface area contributed by atoms with Crippen molar-refractivity contribution in [1.29, 1.82) is 0 Å². The summed E-state index contributed by atoms with van der Waals surface area (Å²) in [6.07, 6.45) is 1.57. The topological polar surface area (TPSA) is 71.5 Å². The largest absolute Gasteiger partial charge is 0.507 e. The molecule has 1 heterocycles. The van der Waals surface area contributed by atoms with E-state index in [1.54, 1.807) is 42.6 Å². The number of halogens is 1. The second kappa shape index (κ2) is 7.68. The third-order valence-electron chi connectivity index (χ3n) is 3.41. The average molecular weight is 355 g/mol. The number of carbonyl (C=O) groups is 1. The van der Waals surface area contributed by atoms with Gasteiger partial charge in [-0.25, -0.2) is 4.98 Å². The van der Waals surface area contributed by atoms with Crippen molar-refractivity contribution in [1.82, 2.24) is 4.98 Å². The molecule has 126 valence electrons. The Balaban J connectivity index is 1.72. The molecule has 0 aliphatic carbocycles. The van der Waals surface area contributed by atoms with E-state index >= 15 is 0 Å². The summed E-state index contributed by atoms with van der Waals surface area (Å²) in [4.78, 5) is 16.3. The highest BCUT2D eigenvalue weighted by Crippen LogP contribution is 2.25. The number of pyridine rings is 1. The van der Waals surface area contributed by atoms with Crippen LogP contribution >= 0.6 is 11.6 Å². The number of anilines is 1. The summed E-state index contributed by atoms with van der Waals surface area (Å²) in [5.41, 5.74) is 1.01. The summed E-state index contributed by atoms with van der Waals surface area (Å²) in [6, 6.07) is 17.0. The Morgan fingerprint density at radius 3 is 2.76 bits per heavy atom. The molecule has 0 saturated heterocycles. The van der Waals surface area contributed by atoms with E-state index in [0.717, 1.165) is 5.56 Å². The molecule has 0 spiro atoms. The molecule has 3 rings (SSSR count). The number of benzene rings is 2. The zero-order valence-electron chi connectivity index (χ0n) is 13.1. The standard InChI is InChI=1S/C19H15ClN2O3/c20-14-5-3-4-13(10-14)12-25-15-7-8-17(23)16(11-15)19(24)22-18-6-1-2-9-21-18/h1-11,23H,12H2,(H,21,22,24).